The maximum absolute atomic E-state index is 14.0. The van der Waals surface area contributed by atoms with E-state index in [0.717, 1.165) is 5.56 Å². The minimum atomic E-state index is -2.06. The highest BCUT2D eigenvalue weighted by Gasteiger charge is 2.74. The summed E-state index contributed by atoms with van der Waals surface area (Å²) >= 11 is 6.07. The number of Topliss-reactive ketones (excluding diaryl/α,β-unsaturated/α-hetero) is 2. The van der Waals surface area contributed by atoms with Gasteiger partial charge in [-0.1, -0.05) is 78.3 Å². The van der Waals surface area contributed by atoms with Crippen molar-refractivity contribution in [2.24, 2.45) is 11.8 Å². The van der Waals surface area contributed by atoms with Crippen molar-refractivity contribution in [2.45, 2.75) is 31.1 Å². The molecule has 0 unspecified atom stereocenters. The summed E-state index contributed by atoms with van der Waals surface area (Å²) in [5.74, 6) is -4.34. The first kappa shape index (κ1) is 22.8. The van der Waals surface area contributed by atoms with E-state index < -0.39 is 53.0 Å². The molecule has 2 heterocycles. The van der Waals surface area contributed by atoms with Crippen LogP contribution in [-0.4, -0.2) is 39.9 Å². The number of amides is 2. The molecule has 1 aliphatic carbocycles. The Morgan fingerprint density at radius 2 is 1.42 bits per heavy atom. The van der Waals surface area contributed by atoms with Gasteiger partial charge in [0, 0.05) is 22.2 Å². The Kier molecular flexibility index (Phi) is 5.21. The molecule has 3 aliphatic rings. The molecule has 2 aliphatic heterocycles. The Hall–Kier alpha value is -3.61. The number of benzene rings is 3. The van der Waals surface area contributed by atoms with Crippen LogP contribution in [0.3, 0.4) is 0 Å². The number of hydrogen-bond acceptors (Lipinski definition) is 5. The molecule has 0 radical (unpaired) electrons. The van der Waals surface area contributed by atoms with Crippen LogP contribution in [0.4, 0.5) is 0 Å². The lowest BCUT2D eigenvalue weighted by atomic mass is 9.77. The van der Waals surface area contributed by atoms with Crippen molar-refractivity contribution in [3.63, 3.8) is 0 Å². The Balaban J connectivity index is 1.46. The lowest BCUT2D eigenvalue weighted by Gasteiger charge is -2.29. The van der Waals surface area contributed by atoms with Gasteiger partial charge in [-0.15, -0.1) is 0 Å². The van der Waals surface area contributed by atoms with Crippen molar-refractivity contribution in [3.8, 4) is 0 Å². The van der Waals surface area contributed by atoms with Gasteiger partial charge in [0.25, 0.3) is 0 Å². The second-order valence-corrected chi connectivity index (χ2v) is 10.1. The van der Waals surface area contributed by atoms with Gasteiger partial charge in [-0.05, 0) is 36.6 Å². The summed E-state index contributed by atoms with van der Waals surface area (Å²) in [6.45, 7) is 1.81. The molecule has 0 N–H and O–H groups in total. The topological polar surface area (TPSA) is 80.8 Å². The van der Waals surface area contributed by atoms with E-state index in [1.807, 2.05) is 37.3 Å². The number of halogens is 1. The largest absolute Gasteiger partial charge is 0.349 e. The van der Waals surface area contributed by atoms with Crippen molar-refractivity contribution >= 4 is 35.0 Å². The Labute approximate surface area is 212 Å². The van der Waals surface area contributed by atoms with Gasteiger partial charge >= 0.3 is 0 Å². The highest BCUT2D eigenvalue weighted by atomic mass is 35.5. The molecule has 36 heavy (non-hydrogen) atoms. The fraction of sp³-hybridized carbons (Fsp3) is 0.241. The van der Waals surface area contributed by atoms with Crippen LogP contribution in [0.5, 0.6) is 0 Å². The summed E-state index contributed by atoms with van der Waals surface area (Å²) < 4.78 is 6.29. The monoisotopic (exact) mass is 499 g/mol. The van der Waals surface area contributed by atoms with Crippen LogP contribution in [0.15, 0.2) is 78.9 Å². The third-order valence-electron chi connectivity index (χ3n) is 7.57. The number of carbonyl (C=O) groups is 4. The first-order chi connectivity index (χ1) is 17.3. The number of fused-ring (bicyclic) bond motifs is 3. The summed E-state index contributed by atoms with van der Waals surface area (Å²) in [5, 5.41) is 0.496. The van der Waals surface area contributed by atoms with Crippen molar-refractivity contribution in [3.05, 3.63) is 106 Å². The Bertz CT molecular complexity index is 1380. The number of carbonyl (C=O) groups excluding carboxylic acids is 4. The van der Waals surface area contributed by atoms with Crippen LogP contribution in [0, 0.1) is 11.8 Å². The Morgan fingerprint density at radius 1 is 0.833 bits per heavy atom. The molecule has 1 spiro atoms. The highest BCUT2D eigenvalue weighted by Crippen LogP contribution is 2.57. The predicted octanol–water partition coefficient (Wildman–Crippen LogP) is 4.46. The van der Waals surface area contributed by atoms with Crippen molar-refractivity contribution in [1.29, 1.82) is 0 Å². The van der Waals surface area contributed by atoms with Crippen LogP contribution in [0.2, 0.25) is 5.02 Å². The van der Waals surface area contributed by atoms with Crippen LogP contribution in [0.1, 0.15) is 44.9 Å². The number of hydrogen-bond donors (Lipinski definition) is 0. The molecule has 2 saturated heterocycles. The van der Waals surface area contributed by atoms with Gasteiger partial charge in [0.2, 0.25) is 29.0 Å². The van der Waals surface area contributed by atoms with Crippen LogP contribution >= 0.6 is 11.6 Å². The summed E-state index contributed by atoms with van der Waals surface area (Å²) in [6.07, 6.45) is -0.487. The first-order valence-corrected chi connectivity index (χ1v) is 12.2. The maximum Gasteiger partial charge on any atom is 0.237 e. The third-order valence-corrected chi connectivity index (χ3v) is 7.82. The van der Waals surface area contributed by atoms with Gasteiger partial charge in [-0.2, -0.15) is 0 Å². The van der Waals surface area contributed by atoms with Gasteiger partial charge < -0.3 is 4.74 Å². The van der Waals surface area contributed by atoms with Gasteiger partial charge in [0.15, 0.2) is 0 Å². The smallest absolute Gasteiger partial charge is 0.237 e. The second-order valence-electron chi connectivity index (χ2n) is 9.62. The summed E-state index contributed by atoms with van der Waals surface area (Å²) in [6, 6.07) is 22.3. The average molecular weight is 500 g/mol. The zero-order valence-corrected chi connectivity index (χ0v) is 20.1. The van der Waals surface area contributed by atoms with E-state index >= 15 is 0 Å². The zero-order valence-electron chi connectivity index (χ0n) is 19.4. The van der Waals surface area contributed by atoms with Gasteiger partial charge in [-0.25, -0.2) is 0 Å². The average Bonchev–Trinajstić information content (AvgIpc) is 3.45. The van der Waals surface area contributed by atoms with E-state index in [1.54, 1.807) is 48.5 Å². The molecule has 0 saturated carbocycles. The SMILES string of the molecule is C[C@H](Cc1ccccc1)N1C(=O)[C@@H]2[C@@H](c3ccc(Cl)cc3)OC3(C(=O)c4ccccc4C3=O)[C@H]2C1=O. The Morgan fingerprint density at radius 3 is 2.03 bits per heavy atom. The maximum atomic E-state index is 14.0. The molecule has 2 fully saturated rings. The minimum Gasteiger partial charge on any atom is -0.349 e. The fourth-order valence-corrected chi connectivity index (χ4v) is 6.10. The van der Waals surface area contributed by atoms with Crippen LogP contribution < -0.4 is 0 Å². The normalized spacial score (nSPS) is 24.9. The predicted molar refractivity (Wildman–Crippen MR) is 132 cm³/mol. The lowest BCUT2D eigenvalue weighted by Crippen LogP contribution is -2.52. The molecule has 0 aromatic heterocycles. The molecule has 2 amide bonds. The number of ether oxygens (including phenoxy) is 1. The standard InChI is InChI=1S/C29H22ClNO5/c1-16(15-17-7-3-2-4-8-17)31-27(34)22-23(28(31)35)29(36-24(22)18-11-13-19(30)14-12-18)25(32)20-9-5-6-10-21(20)26(29)33/h2-14,16,22-24H,15H2,1H3/t16-,22+,23-,24-/m1/s1. The minimum absolute atomic E-state index is 0.217. The van der Waals surface area contributed by atoms with Crippen molar-refractivity contribution in [1.82, 2.24) is 4.90 Å². The number of imide groups is 1. The van der Waals surface area contributed by atoms with E-state index in [2.05, 4.69) is 0 Å². The summed E-state index contributed by atoms with van der Waals surface area (Å²) in [4.78, 5) is 56.6. The van der Waals surface area contributed by atoms with Gasteiger partial charge in [0.05, 0.1) is 17.9 Å². The molecule has 7 heteroatoms. The van der Waals surface area contributed by atoms with Gasteiger partial charge in [0.1, 0.15) is 0 Å². The van der Waals surface area contributed by atoms with Crippen LogP contribution in [0.25, 0.3) is 0 Å². The number of ketones is 2. The molecule has 6 nitrogen and oxygen atoms in total. The number of likely N-dealkylation sites (tertiary alicyclic amines) is 1. The van der Waals surface area contributed by atoms with Crippen molar-refractivity contribution in [2.75, 3.05) is 0 Å². The molecular weight excluding hydrogens is 478 g/mol. The number of nitrogens with zero attached hydrogens (tertiary/aromatic N) is 1. The van der Waals surface area contributed by atoms with E-state index in [0.29, 0.717) is 17.0 Å². The van der Waals surface area contributed by atoms with E-state index in [9.17, 15) is 19.2 Å². The van der Waals surface area contributed by atoms with Crippen molar-refractivity contribution < 1.29 is 23.9 Å². The highest BCUT2D eigenvalue weighted by molar-refractivity contribution is 6.35. The van der Waals surface area contributed by atoms with E-state index in [-0.39, 0.29) is 11.1 Å². The number of rotatable bonds is 4. The van der Waals surface area contributed by atoms with E-state index in [4.69, 9.17) is 16.3 Å². The van der Waals surface area contributed by atoms with Gasteiger partial charge in [-0.3, -0.25) is 24.1 Å². The third kappa shape index (κ3) is 3.08. The quantitative estimate of drug-likeness (QED) is 0.391. The summed E-state index contributed by atoms with van der Waals surface area (Å²) in [7, 11) is 0. The zero-order chi connectivity index (χ0) is 25.2. The molecule has 180 valence electrons. The molecular formula is C29H22ClNO5. The summed E-state index contributed by atoms with van der Waals surface area (Å²) in [5.41, 5.74) is -0.0694. The lowest BCUT2D eigenvalue weighted by molar-refractivity contribution is -0.147. The first-order valence-electron chi connectivity index (χ1n) is 11.9. The fourth-order valence-electron chi connectivity index (χ4n) is 5.97. The molecule has 3 aromatic carbocycles. The molecule has 3 aromatic rings. The molecule has 4 atom stereocenters. The molecule has 6 rings (SSSR count). The van der Waals surface area contributed by atoms with E-state index in [1.165, 1.54) is 4.90 Å². The second kappa shape index (κ2) is 8.22. The molecule has 0 bridgehead atoms. The van der Waals surface area contributed by atoms with Crippen LogP contribution in [-0.2, 0) is 20.7 Å².